The Morgan fingerprint density at radius 1 is 1.44 bits per heavy atom. The van der Waals surface area contributed by atoms with Gasteiger partial charge in [-0.05, 0) is 33.2 Å². The Hall–Kier alpha value is -1.86. The topological polar surface area (TPSA) is 96.5 Å². The van der Waals surface area contributed by atoms with Crippen molar-refractivity contribution < 1.29 is 4.92 Å². The Morgan fingerprint density at radius 3 is 2.56 bits per heavy atom. The lowest BCUT2D eigenvalue weighted by molar-refractivity contribution is -0.383. The molecule has 7 heteroatoms. The van der Waals surface area contributed by atoms with Crippen molar-refractivity contribution in [1.82, 2.24) is 4.90 Å². The standard InChI is InChI=1S/C11H19N5O2/c1-8(15(2)3)7-13-9-5-4-6-10(14-12)11(9)16(17)18/h4-6,8,13-14H,7,12H2,1-3H3. The number of nitro benzene ring substituents is 1. The SMILES string of the molecule is CC(CNc1cccc(NN)c1[N+](=O)[O-])N(C)C. The number of hydrogen-bond donors (Lipinski definition) is 3. The van der Waals surface area contributed by atoms with Crippen molar-refractivity contribution in [3.05, 3.63) is 28.3 Å². The molecule has 0 aliphatic rings. The van der Waals surface area contributed by atoms with E-state index in [0.717, 1.165) is 0 Å². The predicted octanol–water partition coefficient (Wildman–Crippen LogP) is 1.24. The molecule has 1 aromatic rings. The minimum Gasteiger partial charge on any atom is -0.378 e. The molecule has 4 N–H and O–H groups in total. The highest BCUT2D eigenvalue weighted by atomic mass is 16.6. The molecule has 0 radical (unpaired) electrons. The molecule has 0 aliphatic carbocycles. The van der Waals surface area contributed by atoms with Gasteiger partial charge in [0.2, 0.25) is 0 Å². The van der Waals surface area contributed by atoms with E-state index >= 15 is 0 Å². The molecule has 7 nitrogen and oxygen atoms in total. The van der Waals surface area contributed by atoms with Crippen molar-refractivity contribution >= 4 is 17.1 Å². The summed E-state index contributed by atoms with van der Waals surface area (Å²) < 4.78 is 0. The highest BCUT2D eigenvalue weighted by molar-refractivity contribution is 5.75. The van der Waals surface area contributed by atoms with E-state index in [2.05, 4.69) is 10.7 Å². The summed E-state index contributed by atoms with van der Waals surface area (Å²) in [5, 5.41) is 14.1. The Bertz CT molecular complexity index is 422. The third-order valence-electron chi connectivity index (χ3n) is 2.84. The van der Waals surface area contributed by atoms with Gasteiger partial charge in [-0.1, -0.05) is 6.07 Å². The Kier molecular flexibility index (Phi) is 4.87. The highest BCUT2D eigenvalue weighted by Gasteiger charge is 2.19. The van der Waals surface area contributed by atoms with E-state index in [4.69, 9.17) is 5.84 Å². The van der Waals surface area contributed by atoms with Crippen LogP contribution in [0.25, 0.3) is 0 Å². The summed E-state index contributed by atoms with van der Waals surface area (Å²) in [6, 6.07) is 5.21. The van der Waals surface area contributed by atoms with Crippen molar-refractivity contribution in [3.63, 3.8) is 0 Å². The first-order chi connectivity index (χ1) is 8.47. The van der Waals surface area contributed by atoms with Crippen molar-refractivity contribution in [3.8, 4) is 0 Å². The van der Waals surface area contributed by atoms with Crippen molar-refractivity contribution in [2.75, 3.05) is 31.4 Å². The van der Waals surface area contributed by atoms with E-state index < -0.39 is 4.92 Å². The monoisotopic (exact) mass is 253 g/mol. The van der Waals surface area contributed by atoms with Gasteiger partial charge in [0, 0.05) is 12.6 Å². The highest BCUT2D eigenvalue weighted by Crippen LogP contribution is 2.32. The van der Waals surface area contributed by atoms with Crippen molar-refractivity contribution in [2.45, 2.75) is 13.0 Å². The second-order valence-electron chi connectivity index (χ2n) is 4.30. The van der Waals surface area contributed by atoms with Gasteiger partial charge >= 0.3 is 5.69 Å². The third kappa shape index (κ3) is 3.31. The van der Waals surface area contributed by atoms with Gasteiger partial charge in [-0.25, -0.2) is 0 Å². The number of nitrogens with two attached hydrogens (primary N) is 1. The average molecular weight is 253 g/mol. The van der Waals surface area contributed by atoms with E-state index in [0.29, 0.717) is 17.9 Å². The van der Waals surface area contributed by atoms with Gasteiger partial charge in [-0.15, -0.1) is 0 Å². The first kappa shape index (κ1) is 14.2. The fourth-order valence-corrected chi connectivity index (χ4v) is 1.44. The minimum absolute atomic E-state index is 0.0362. The fourth-order valence-electron chi connectivity index (χ4n) is 1.44. The van der Waals surface area contributed by atoms with Crippen LogP contribution in [0.2, 0.25) is 0 Å². The normalized spacial score (nSPS) is 12.3. The number of para-hydroxylation sites is 1. The summed E-state index contributed by atoms with van der Waals surface area (Å²) in [7, 11) is 3.91. The van der Waals surface area contributed by atoms with Crippen LogP contribution in [0.5, 0.6) is 0 Å². The number of benzene rings is 1. The van der Waals surface area contributed by atoms with Gasteiger partial charge in [-0.3, -0.25) is 16.0 Å². The smallest absolute Gasteiger partial charge is 0.316 e. The number of hydrogen-bond acceptors (Lipinski definition) is 6. The lowest BCUT2D eigenvalue weighted by Crippen LogP contribution is -2.31. The quantitative estimate of drug-likeness (QED) is 0.401. The number of nitrogen functional groups attached to an aromatic ring is 1. The summed E-state index contributed by atoms with van der Waals surface area (Å²) in [5.41, 5.74) is 3.06. The van der Waals surface area contributed by atoms with Gasteiger partial charge < -0.3 is 15.6 Å². The molecule has 1 atom stereocenters. The Labute approximate surface area is 106 Å². The van der Waals surface area contributed by atoms with Crippen molar-refractivity contribution in [1.29, 1.82) is 0 Å². The summed E-state index contributed by atoms with van der Waals surface area (Å²) in [6.07, 6.45) is 0. The molecule has 100 valence electrons. The zero-order chi connectivity index (χ0) is 13.7. The maximum absolute atomic E-state index is 11.0. The van der Waals surface area contributed by atoms with Crippen LogP contribution in [0.1, 0.15) is 6.92 Å². The summed E-state index contributed by atoms with van der Waals surface area (Å²) >= 11 is 0. The van der Waals surface area contributed by atoms with E-state index in [1.165, 1.54) is 0 Å². The number of hydrazine groups is 1. The van der Waals surface area contributed by atoms with Crippen LogP contribution in [0.15, 0.2) is 18.2 Å². The second kappa shape index (κ2) is 6.18. The van der Waals surface area contributed by atoms with E-state index in [1.54, 1.807) is 18.2 Å². The second-order valence-corrected chi connectivity index (χ2v) is 4.30. The van der Waals surface area contributed by atoms with Crippen LogP contribution in [-0.2, 0) is 0 Å². The number of anilines is 2. The number of nitrogens with zero attached hydrogens (tertiary/aromatic N) is 2. The van der Waals surface area contributed by atoms with Gasteiger partial charge in [-0.2, -0.15) is 0 Å². The zero-order valence-electron chi connectivity index (χ0n) is 10.8. The zero-order valence-corrected chi connectivity index (χ0v) is 10.8. The number of rotatable bonds is 6. The number of likely N-dealkylation sites (N-methyl/N-ethyl adjacent to an activating group) is 1. The summed E-state index contributed by atoms with van der Waals surface area (Å²) in [4.78, 5) is 12.6. The maximum atomic E-state index is 11.0. The molecule has 1 unspecified atom stereocenters. The minimum atomic E-state index is -0.447. The molecular formula is C11H19N5O2. The molecular weight excluding hydrogens is 234 g/mol. The van der Waals surface area contributed by atoms with Crippen LogP contribution >= 0.6 is 0 Å². The van der Waals surface area contributed by atoms with Gasteiger partial charge in [0.05, 0.1) is 4.92 Å². The van der Waals surface area contributed by atoms with Gasteiger partial charge in [0.15, 0.2) is 0 Å². The summed E-state index contributed by atoms with van der Waals surface area (Å²) in [5.74, 6) is 5.27. The molecule has 0 heterocycles. The van der Waals surface area contributed by atoms with Crippen LogP contribution in [-0.4, -0.2) is 36.5 Å². The van der Waals surface area contributed by atoms with Gasteiger partial charge in [0.25, 0.3) is 0 Å². The molecule has 1 aromatic carbocycles. The molecule has 1 rings (SSSR count). The van der Waals surface area contributed by atoms with E-state index in [1.807, 2.05) is 25.9 Å². The van der Waals surface area contributed by atoms with Crippen LogP contribution < -0.4 is 16.6 Å². The molecule has 0 spiro atoms. The number of nitrogens with one attached hydrogen (secondary N) is 2. The van der Waals surface area contributed by atoms with Crippen LogP contribution in [0.3, 0.4) is 0 Å². The van der Waals surface area contributed by atoms with Crippen LogP contribution in [0.4, 0.5) is 17.1 Å². The lowest BCUT2D eigenvalue weighted by Gasteiger charge is -2.20. The maximum Gasteiger partial charge on any atom is 0.316 e. The Balaban J connectivity index is 2.91. The molecule has 0 bridgehead atoms. The Morgan fingerprint density at radius 2 is 2.06 bits per heavy atom. The first-order valence-corrected chi connectivity index (χ1v) is 5.61. The largest absolute Gasteiger partial charge is 0.378 e. The molecule has 0 aliphatic heterocycles. The predicted molar refractivity (Wildman–Crippen MR) is 72.5 cm³/mol. The lowest BCUT2D eigenvalue weighted by atomic mass is 10.2. The van der Waals surface area contributed by atoms with E-state index in [9.17, 15) is 10.1 Å². The summed E-state index contributed by atoms with van der Waals surface area (Å²) in [6.45, 7) is 2.64. The molecule has 0 aromatic heterocycles. The third-order valence-corrected chi connectivity index (χ3v) is 2.84. The fraction of sp³-hybridized carbons (Fsp3) is 0.455. The molecule has 0 amide bonds. The van der Waals surface area contributed by atoms with Gasteiger partial charge in [0.1, 0.15) is 11.4 Å². The molecule has 0 fully saturated rings. The first-order valence-electron chi connectivity index (χ1n) is 5.61. The molecule has 18 heavy (non-hydrogen) atoms. The van der Waals surface area contributed by atoms with E-state index in [-0.39, 0.29) is 11.7 Å². The average Bonchev–Trinajstić information content (AvgIpc) is 2.34. The number of nitro groups is 1. The molecule has 0 saturated heterocycles. The molecule has 0 saturated carbocycles. The van der Waals surface area contributed by atoms with Crippen molar-refractivity contribution in [2.24, 2.45) is 5.84 Å². The van der Waals surface area contributed by atoms with Crippen LogP contribution in [0, 0.1) is 10.1 Å².